The number of thioether (sulfide) groups is 1. The van der Waals surface area contributed by atoms with Crippen LogP contribution in [0.2, 0.25) is 0 Å². The lowest BCUT2D eigenvalue weighted by molar-refractivity contribution is -0.117. The molecule has 2 heterocycles. The molecule has 1 fully saturated rings. The Kier molecular flexibility index (Phi) is 8.21. The number of benzene rings is 2. The number of aliphatic imine (C=N–C) groups is 1. The van der Waals surface area contributed by atoms with Crippen LogP contribution >= 0.6 is 11.8 Å². The number of hydrogen-bond donors (Lipinski definition) is 3. The van der Waals surface area contributed by atoms with Crippen molar-refractivity contribution < 1.29 is 9.53 Å². The van der Waals surface area contributed by atoms with E-state index in [1.165, 1.54) is 6.92 Å². The lowest BCUT2D eigenvalue weighted by Gasteiger charge is -2.31. The molecule has 0 aliphatic carbocycles. The Bertz CT molecular complexity index is 1110. The van der Waals surface area contributed by atoms with Gasteiger partial charge in [-0.3, -0.25) is 15.1 Å². The predicted molar refractivity (Wildman–Crippen MR) is 137 cm³/mol. The summed E-state index contributed by atoms with van der Waals surface area (Å²) in [5.74, 6) is 1.51. The van der Waals surface area contributed by atoms with Crippen LogP contribution in [0.3, 0.4) is 0 Å². The van der Waals surface area contributed by atoms with E-state index < -0.39 is 0 Å². The van der Waals surface area contributed by atoms with Crippen molar-refractivity contribution in [2.24, 2.45) is 10.7 Å². The van der Waals surface area contributed by atoms with Gasteiger partial charge in [-0.25, -0.2) is 4.98 Å². The molecule has 180 valence electrons. The fraction of sp³-hybridized carbons (Fsp3) is 0.400. The number of piperidine rings is 1. The van der Waals surface area contributed by atoms with Crippen molar-refractivity contribution in [3.05, 3.63) is 59.9 Å². The number of carbonyl (C=O) groups is 1. The van der Waals surface area contributed by atoms with Crippen LogP contribution < -0.4 is 11.1 Å². The van der Waals surface area contributed by atoms with E-state index in [1.807, 2.05) is 24.3 Å². The Hall–Kier alpha value is -2.88. The molecule has 1 aliphatic rings. The first-order valence-corrected chi connectivity index (χ1v) is 12.6. The third kappa shape index (κ3) is 6.59. The highest BCUT2D eigenvalue weighted by atomic mass is 32.2. The molecule has 0 spiro atoms. The summed E-state index contributed by atoms with van der Waals surface area (Å²) in [6, 6.07) is 16.5. The summed E-state index contributed by atoms with van der Waals surface area (Å²) in [6.07, 6.45) is 1.94. The van der Waals surface area contributed by atoms with Crippen LogP contribution in [-0.2, 0) is 9.53 Å². The van der Waals surface area contributed by atoms with Crippen molar-refractivity contribution in [3.63, 3.8) is 0 Å². The fourth-order valence-electron chi connectivity index (χ4n) is 4.03. The normalized spacial score (nSPS) is 16.6. The number of H-pyrrole nitrogens is 1. The lowest BCUT2D eigenvalue weighted by Crippen LogP contribution is -2.35. The molecule has 1 aromatic heterocycles. The van der Waals surface area contributed by atoms with Crippen molar-refractivity contribution in [1.29, 1.82) is 0 Å². The maximum atomic E-state index is 11.0. The number of nitrogens with zero attached hydrogens (tertiary/aromatic N) is 3. The SMILES string of the molecule is CC(=O)NC(N)=NCCSc1cccc(C(OC2CCN(C)CC2)c2nc3ccccc3[nH]2)c1. The first-order valence-electron chi connectivity index (χ1n) is 11.6. The van der Waals surface area contributed by atoms with Gasteiger partial charge >= 0.3 is 0 Å². The monoisotopic (exact) mass is 480 g/mol. The number of amides is 1. The smallest absolute Gasteiger partial charge is 0.223 e. The number of nitrogens with one attached hydrogen (secondary N) is 2. The van der Waals surface area contributed by atoms with E-state index >= 15 is 0 Å². The minimum absolute atomic E-state index is 0.151. The molecule has 1 aliphatic heterocycles. The van der Waals surface area contributed by atoms with Crippen LogP contribution in [0.1, 0.15) is 37.3 Å². The molecular formula is C25H32N6O2S. The van der Waals surface area contributed by atoms with Gasteiger partial charge in [0.2, 0.25) is 5.91 Å². The van der Waals surface area contributed by atoms with Gasteiger partial charge in [0.05, 0.1) is 23.7 Å². The van der Waals surface area contributed by atoms with E-state index in [1.54, 1.807) is 11.8 Å². The number of guanidine groups is 1. The van der Waals surface area contributed by atoms with E-state index in [2.05, 4.69) is 51.5 Å². The molecule has 0 bridgehead atoms. The summed E-state index contributed by atoms with van der Waals surface area (Å²) in [7, 11) is 2.15. The molecular weight excluding hydrogens is 448 g/mol. The number of likely N-dealkylation sites (tertiary alicyclic amines) is 1. The standard InChI is InChI=1S/C25H32N6O2S/c1-17(32)28-25(26)27-12-15-34-20-7-5-6-18(16-20)23(33-19-10-13-31(2)14-11-19)24-29-21-8-3-4-9-22(21)30-24/h3-9,16,19,23H,10-15H2,1-2H3,(H,29,30)(H3,26,27,28,32). The number of nitrogens with two attached hydrogens (primary N) is 1. The van der Waals surface area contributed by atoms with E-state index in [0.717, 1.165) is 59.0 Å². The highest BCUT2D eigenvalue weighted by Gasteiger charge is 2.26. The summed E-state index contributed by atoms with van der Waals surface area (Å²) in [4.78, 5) is 27.0. The van der Waals surface area contributed by atoms with Crippen LogP contribution in [0.5, 0.6) is 0 Å². The Morgan fingerprint density at radius 2 is 2.09 bits per heavy atom. The zero-order chi connectivity index (χ0) is 23.9. The van der Waals surface area contributed by atoms with E-state index in [-0.39, 0.29) is 24.1 Å². The first kappa shape index (κ1) is 24.3. The first-order chi connectivity index (χ1) is 16.5. The average molecular weight is 481 g/mol. The maximum absolute atomic E-state index is 11.0. The van der Waals surface area contributed by atoms with Gasteiger partial charge in [0, 0.05) is 30.7 Å². The van der Waals surface area contributed by atoms with Gasteiger partial charge in [-0.05, 0) is 49.7 Å². The number of aromatic amines is 1. The molecule has 9 heteroatoms. The van der Waals surface area contributed by atoms with Gasteiger partial charge in [0.1, 0.15) is 11.9 Å². The number of imidazole rings is 1. The van der Waals surface area contributed by atoms with Crippen molar-refractivity contribution >= 4 is 34.7 Å². The Labute approximate surface area is 204 Å². The van der Waals surface area contributed by atoms with Crippen molar-refractivity contribution in [1.82, 2.24) is 20.2 Å². The van der Waals surface area contributed by atoms with Gasteiger partial charge in [-0.1, -0.05) is 24.3 Å². The number of hydrogen-bond acceptors (Lipinski definition) is 6. The van der Waals surface area contributed by atoms with Gasteiger partial charge < -0.3 is 20.4 Å². The van der Waals surface area contributed by atoms with Crippen LogP contribution in [0, 0.1) is 0 Å². The Balaban J connectivity index is 1.50. The van der Waals surface area contributed by atoms with Crippen LogP contribution in [0.25, 0.3) is 11.0 Å². The molecule has 0 radical (unpaired) electrons. The number of fused-ring (bicyclic) bond motifs is 1. The zero-order valence-corrected chi connectivity index (χ0v) is 20.5. The van der Waals surface area contributed by atoms with E-state index in [0.29, 0.717) is 6.54 Å². The number of rotatable bonds is 8. The predicted octanol–water partition coefficient (Wildman–Crippen LogP) is 3.31. The second-order valence-electron chi connectivity index (χ2n) is 8.53. The molecule has 1 atom stereocenters. The fourth-order valence-corrected chi connectivity index (χ4v) is 4.84. The van der Waals surface area contributed by atoms with Crippen molar-refractivity contribution in [2.45, 2.75) is 36.9 Å². The highest BCUT2D eigenvalue weighted by molar-refractivity contribution is 7.99. The third-order valence-electron chi connectivity index (χ3n) is 5.76. The number of ether oxygens (including phenoxy) is 1. The summed E-state index contributed by atoms with van der Waals surface area (Å²) < 4.78 is 6.68. The molecule has 34 heavy (non-hydrogen) atoms. The summed E-state index contributed by atoms with van der Waals surface area (Å²) >= 11 is 1.69. The van der Waals surface area contributed by atoms with Gasteiger partial charge in [0.25, 0.3) is 0 Å². The number of aromatic nitrogens is 2. The van der Waals surface area contributed by atoms with Crippen molar-refractivity contribution in [2.75, 3.05) is 32.4 Å². The van der Waals surface area contributed by atoms with Gasteiger partial charge in [-0.15, -0.1) is 11.8 Å². The number of carbonyl (C=O) groups excluding carboxylic acids is 1. The molecule has 3 aromatic rings. The van der Waals surface area contributed by atoms with Crippen LogP contribution in [0.4, 0.5) is 0 Å². The zero-order valence-electron chi connectivity index (χ0n) is 19.7. The Morgan fingerprint density at radius 1 is 1.29 bits per heavy atom. The van der Waals surface area contributed by atoms with Gasteiger partial charge in [0.15, 0.2) is 5.96 Å². The topological polar surface area (TPSA) is 109 Å². The summed E-state index contributed by atoms with van der Waals surface area (Å²) in [5, 5.41) is 2.49. The van der Waals surface area contributed by atoms with Crippen molar-refractivity contribution in [3.8, 4) is 0 Å². The van der Waals surface area contributed by atoms with Crippen LogP contribution in [-0.4, -0.2) is 65.3 Å². The largest absolute Gasteiger partial charge is 0.370 e. The summed E-state index contributed by atoms with van der Waals surface area (Å²) in [6.45, 7) is 4.00. The van der Waals surface area contributed by atoms with E-state index in [9.17, 15) is 4.79 Å². The minimum Gasteiger partial charge on any atom is -0.370 e. The highest BCUT2D eigenvalue weighted by Crippen LogP contribution is 2.32. The molecule has 4 rings (SSSR count). The molecule has 4 N–H and O–H groups in total. The molecule has 1 saturated heterocycles. The summed E-state index contributed by atoms with van der Waals surface area (Å²) in [5.41, 5.74) is 8.71. The average Bonchev–Trinajstić information content (AvgIpc) is 3.25. The molecule has 8 nitrogen and oxygen atoms in total. The van der Waals surface area contributed by atoms with E-state index in [4.69, 9.17) is 15.5 Å². The Morgan fingerprint density at radius 3 is 2.85 bits per heavy atom. The second kappa shape index (κ2) is 11.5. The minimum atomic E-state index is -0.269. The molecule has 1 amide bonds. The molecule has 2 aromatic carbocycles. The lowest BCUT2D eigenvalue weighted by atomic mass is 10.1. The quantitative estimate of drug-likeness (QED) is 0.198. The van der Waals surface area contributed by atoms with Gasteiger partial charge in [-0.2, -0.15) is 0 Å². The number of para-hydroxylation sites is 2. The second-order valence-corrected chi connectivity index (χ2v) is 9.70. The third-order valence-corrected chi connectivity index (χ3v) is 6.73. The van der Waals surface area contributed by atoms with Crippen LogP contribution in [0.15, 0.2) is 58.4 Å². The molecule has 1 unspecified atom stereocenters. The maximum Gasteiger partial charge on any atom is 0.223 e. The molecule has 0 saturated carbocycles.